The molecule has 2 rings (SSSR count). The topological polar surface area (TPSA) is 48.1 Å². The molecule has 1 aromatic carbocycles. The van der Waals surface area contributed by atoms with E-state index in [0.717, 1.165) is 24.3 Å². The molecule has 2 aromatic rings. The Morgan fingerprint density at radius 3 is 2.82 bits per heavy atom. The molecule has 0 amide bonds. The number of nitrogens with two attached hydrogens (primary N) is 1. The van der Waals surface area contributed by atoms with E-state index >= 15 is 0 Å². The van der Waals surface area contributed by atoms with Crippen LogP contribution >= 0.6 is 11.3 Å². The Kier molecular flexibility index (Phi) is 3.64. The summed E-state index contributed by atoms with van der Waals surface area (Å²) in [4.78, 5) is 4.27. The van der Waals surface area contributed by atoms with Gasteiger partial charge >= 0.3 is 0 Å². The number of nitrogen functional groups attached to an aromatic ring is 1. The van der Waals surface area contributed by atoms with Crippen molar-refractivity contribution in [1.29, 1.82) is 0 Å². The minimum Gasteiger partial charge on any atom is -0.496 e. The molecule has 0 aliphatic heterocycles. The monoisotopic (exact) mass is 248 g/mol. The molecule has 0 radical (unpaired) electrons. The fourth-order valence-electron chi connectivity index (χ4n) is 1.83. The third kappa shape index (κ3) is 2.77. The van der Waals surface area contributed by atoms with E-state index < -0.39 is 0 Å². The number of aryl methyl sites for hydroxylation is 1. The fraction of sp³-hybridized carbons (Fsp3) is 0.308. The molecule has 0 unspecified atom stereocenters. The summed E-state index contributed by atoms with van der Waals surface area (Å²) in [6, 6.07) is 6.27. The quantitative estimate of drug-likeness (QED) is 0.905. The van der Waals surface area contributed by atoms with Crippen LogP contribution in [0.25, 0.3) is 0 Å². The Hall–Kier alpha value is -1.55. The van der Waals surface area contributed by atoms with Crippen LogP contribution in [-0.2, 0) is 12.8 Å². The predicted molar refractivity (Wildman–Crippen MR) is 71.7 cm³/mol. The lowest BCUT2D eigenvalue weighted by atomic mass is 10.0. The van der Waals surface area contributed by atoms with Crippen LogP contribution in [0.4, 0.5) is 5.13 Å². The molecule has 1 heterocycles. The Labute approximate surface area is 105 Å². The molecule has 0 saturated carbocycles. The van der Waals surface area contributed by atoms with Crippen LogP contribution in [0.5, 0.6) is 5.75 Å². The third-order valence-electron chi connectivity index (χ3n) is 2.68. The summed E-state index contributed by atoms with van der Waals surface area (Å²) in [5.41, 5.74) is 9.12. The van der Waals surface area contributed by atoms with Gasteiger partial charge in [-0.1, -0.05) is 19.1 Å². The molecule has 3 nitrogen and oxygen atoms in total. The first-order chi connectivity index (χ1) is 8.22. The molecule has 2 N–H and O–H groups in total. The zero-order chi connectivity index (χ0) is 12.3. The van der Waals surface area contributed by atoms with Gasteiger partial charge in [-0.25, -0.2) is 4.98 Å². The average Bonchev–Trinajstić information content (AvgIpc) is 2.74. The van der Waals surface area contributed by atoms with E-state index in [2.05, 4.69) is 24.0 Å². The van der Waals surface area contributed by atoms with Crippen molar-refractivity contribution in [2.75, 3.05) is 12.8 Å². The minimum atomic E-state index is 0.629. The second-order valence-corrected chi connectivity index (χ2v) is 4.74. The van der Waals surface area contributed by atoms with E-state index in [1.54, 1.807) is 7.11 Å². The summed E-state index contributed by atoms with van der Waals surface area (Å²) in [5.74, 6) is 0.953. The number of nitrogens with zero attached hydrogens (tertiary/aromatic N) is 1. The average molecular weight is 248 g/mol. The number of hydrogen-bond donors (Lipinski definition) is 1. The van der Waals surface area contributed by atoms with Gasteiger partial charge in [0, 0.05) is 11.8 Å². The Morgan fingerprint density at radius 1 is 1.41 bits per heavy atom. The van der Waals surface area contributed by atoms with Crippen LogP contribution in [0.3, 0.4) is 0 Å². The number of anilines is 1. The first-order valence-corrected chi connectivity index (χ1v) is 6.46. The first kappa shape index (κ1) is 11.9. The zero-order valence-corrected chi connectivity index (χ0v) is 10.9. The molecule has 4 heteroatoms. The van der Waals surface area contributed by atoms with Crippen molar-refractivity contribution in [3.8, 4) is 5.75 Å². The lowest BCUT2D eigenvalue weighted by molar-refractivity contribution is 0.410. The number of methoxy groups -OCH3 is 1. The number of aromatic nitrogens is 1. The van der Waals surface area contributed by atoms with E-state index in [9.17, 15) is 0 Å². The molecule has 17 heavy (non-hydrogen) atoms. The van der Waals surface area contributed by atoms with E-state index in [1.165, 1.54) is 22.5 Å². The maximum Gasteiger partial charge on any atom is 0.180 e. The Balaban J connectivity index is 2.22. The van der Waals surface area contributed by atoms with Gasteiger partial charge in [0.05, 0.1) is 12.8 Å². The highest BCUT2D eigenvalue weighted by molar-refractivity contribution is 7.13. The molecular formula is C13H16N2OS. The number of rotatable bonds is 4. The SMILES string of the molecule is CCc1cc(Cc2csc(N)n2)ccc1OC. The van der Waals surface area contributed by atoms with Crippen molar-refractivity contribution in [2.45, 2.75) is 19.8 Å². The van der Waals surface area contributed by atoms with E-state index in [4.69, 9.17) is 10.5 Å². The van der Waals surface area contributed by atoms with Gasteiger partial charge < -0.3 is 10.5 Å². The van der Waals surface area contributed by atoms with Gasteiger partial charge in [0.25, 0.3) is 0 Å². The Morgan fingerprint density at radius 2 is 2.24 bits per heavy atom. The normalized spacial score (nSPS) is 10.5. The molecular weight excluding hydrogens is 232 g/mol. The van der Waals surface area contributed by atoms with E-state index in [0.29, 0.717) is 5.13 Å². The summed E-state index contributed by atoms with van der Waals surface area (Å²) in [6.07, 6.45) is 1.79. The van der Waals surface area contributed by atoms with Crippen molar-refractivity contribution >= 4 is 16.5 Å². The number of hydrogen-bond acceptors (Lipinski definition) is 4. The number of benzene rings is 1. The van der Waals surface area contributed by atoms with Crippen molar-refractivity contribution in [3.63, 3.8) is 0 Å². The van der Waals surface area contributed by atoms with Crippen LogP contribution in [-0.4, -0.2) is 12.1 Å². The van der Waals surface area contributed by atoms with E-state index in [-0.39, 0.29) is 0 Å². The van der Waals surface area contributed by atoms with Crippen molar-refractivity contribution in [3.05, 3.63) is 40.4 Å². The van der Waals surface area contributed by atoms with Crippen molar-refractivity contribution in [2.24, 2.45) is 0 Å². The number of thiazole rings is 1. The lowest BCUT2D eigenvalue weighted by Gasteiger charge is -2.08. The summed E-state index contributed by atoms with van der Waals surface area (Å²) >= 11 is 1.48. The van der Waals surface area contributed by atoms with Crippen molar-refractivity contribution < 1.29 is 4.74 Å². The largest absolute Gasteiger partial charge is 0.496 e. The molecule has 0 spiro atoms. The van der Waals surface area contributed by atoms with Crippen LogP contribution in [0.15, 0.2) is 23.6 Å². The van der Waals surface area contributed by atoms with Gasteiger partial charge in [-0.3, -0.25) is 0 Å². The minimum absolute atomic E-state index is 0.629. The smallest absolute Gasteiger partial charge is 0.180 e. The molecule has 0 aliphatic carbocycles. The number of ether oxygens (including phenoxy) is 1. The fourth-order valence-corrected chi connectivity index (χ4v) is 2.39. The van der Waals surface area contributed by atoms with Crippen LogP contribution in [0, 0.1) is 0 Å². The van der Waals surface area contributed by atoms with Gasteiger partial charge in [0.2, 0.25) is 0 Å². The second kappa shape index (κ2) is 5.19. The van der Waals surface area contributed by atoms with Gasteiger partial charge in [-0.2, -0.15) is 0 Å². The van der Waals surface area contributed by atoms with Crippen LogP contribution < -0.4 is 10.5 Å². The Bertz CT molecular complexity index is 508. The highest BCUT2D eigenvalue weighted by Gasteiger charge is 2.05. The standard InChI is InChI=1S/C13H16N2OS/c1-3-10-6-9(4-5-12(10)16-2)7-11-8-17-13(14)15-11/h4-6,8H,3,7H2,1-2H3,(H2,14,15). The molecule has 90 valence electrons. The summed E-state index contributed by atoms with van der Waals surface area (Å²) in [7, 11) is 1.70. The molecule has 0 fully saturated rings. The molecule has 0 atom stereocenters. The van der Waals surface area contributed by atoms with Crippen LogP contribution in [0.1, 0.15) is 23.7 Å². The highest BCUT2D eigenvalue weighted by Crippen LogP contribution is 2.22. The summed E-state index contributed by atoms with van der Waals surface area (Å²) in [5, 5.41) is 2.63. The van der Waals surface area contributed by atoms with Crippen molar-refractivity contribution in [1.82, 2.24) is 4.98 Å². The lowest BCUT2D eigenvalue weighted by Crippen LogP contribution is -1.95. The first-order valence-electron chi connectivity index (χ1n) is 5.58. The summed E-state index contributed by atoms with van der Waals surface area (Å²) < 4.78 is 5.31. The maximum atomic E-state index is 5.62. The maximum absolute atomic E-state index is 5.62. The van der Waals surface area contributed by atoms with Gasteiger partial charge in [-0.15, -0.1) is 11.3 Å². The second-order valence-electron chi connectivity index (χ2n) is 3.85. The van der Waals surface area contributed by atoms with Crippen LogP contribution in [0.2, 0.25) is 0 Å². The highest BCUT2D eigenvalue weighted by atomic mass is 32.1. The summed E-state index contributed by atoms with van der Waals surface area (Å²) in [6.45, 7) is 2.13. The van der Waals surface area contributed by atoms with Gasteiger partial charge in [0.15, 0.2) is 5.13 Å². The van der Waals surface area contributed by atoms with E-state index in [1.807, 2.05) is 11.4 Å². The van der Waals surface area contributed by atoms with Gasteiger partial charge in [-0.05, 0) is 23.6 Å². The van der Waals surface area contributed by atoms with Gasteiger partial charge in [0.1, 0.15) is 5.75 Å². The molecule has 0 bridgehead atoms. The zero-order valence-electron chi connectivity index (χ0n) is 10.1. The molecule has 0 saturated heterocycles. The molecule has 0 aliphatic rings. The third-order valence-corrected chi connectivity index (χ3v) is 3.40. The molecule has 1 aromatic heterocycles. The predicted octanol–water partition coefficient (Wildman–Crippen LogP) is 2.89.